The lowest BCUT2D eigenvalue weighted by Gasteiger charge is -2.17. The van der Waals surface area contributed by atoms with E-state index >= 15 is 0 Å². The first kappa shape index (κ1) is 51.2. The van der Waals surface area contributed by atoms with Crippen molar-refractivity contribution in [2.24, 2.45) is 0 Å². The molecule has 0 aliphatic heterocycles. The van der Waals surface area contributed by atoms with Gasteiger partial charge in [0, 0.05) is 0 Å². The van der Waals surface area contributed by atoms with E-state index in [0.717, 1.165) is 0 Å². The van der Waals surface area contributed by atoms with Crippen LogP contribution in [-0.4, -0.2) is 4.98 Å². The Hall–Kier alpha value is -0.790. The second kappa shape index (κ2) is 41.8. The van der Waals surface area contributed by atoms with E-state index in [2.05, 4.69) is 49.6 Å². The van der Waals surface area contributed by atoms with Crippen molar-refractivity contribution in [2.75, 3.05) is 0 Å². The molecule has 0 amide bonds. The first-order valence-electron chi connectivity index (χ1n) is 25.8. The molecule has 0 radical (unpaired) electrons. The number of nitrogens with zero attached hydrogens (tertiary/aromatic N) is 1. The Morgan fingerprint density at radius 1 is 0.352 bits per heavy atom. The van der Waals surface area contributed by atoms with Crippen molar-refractivity contribution >= 4 is 0 Å². The Kier molecular flexibility index (Phi) is 39.7. The molecular formula is C52H103N2+. The molecule has 1 rings (SSSR count). The highest BCUT2D eigenvalue weighted by Gasteiger charge is 2.25. The summed E-state index contributed by atoms with van der Waals surface area (Å²) in [5, 5.41) is 0. The Morgan fingerprint density at radius 3 is 0.870 bits per heavy atom. The van der Waals surface area contributed by atoms with E-state index in [1.807, 2.05) is 0 Å². The molecule has 0 saturated carbocycles. The van der Waals surface area contributed by atoms with Crippen LogP contribution in [0, 0.1) is 0 Å². The number of nitrogens with one attached hydrogen (secondary N) is 1. The molecule has 54 heavy (non-hydrogen) atoms. The maximum Gasteiger partial charge on any atom is 0.257 e. The van der Waals surface area contributed by atoms with E-state index in [0.29, 0.717) is 12.0 Å². The van der Waals surface area contributed by atoms with Gasteiger partial charge in [0.25, 0.3) is 5.82 Å². The maximum absolute atomic E-state index is 3.80. The summed E-state index contributed by atoms with van der Waals surface area (Å²) < 4.78 is 2.66. The van der Waals surface area contributed by atoms with Gasteiger partial charge in [0.1, 0.15) is 12.4 Å². The van der Waals surface area contributed by atoms with Crippen LogP contribution < -0.4 is 4.57 Å². The second-order valence-corrected chi connectivity index (χ2v) is 18.2. The monoisotopic (exact) mass is 756 g/mol. The minimum atomic E-state index is 0.615. The number of aromatic amines is 1. The number of H-pyrrole nitrogens is 1. The van der Waals surface area contributed by atoms with Crippen LogP contribution in [0.2, 0.25) is 0 Å². The fourth-order valence-electron chi connectivity index (χ4n) is 9.08. The summed E-state index contributed by atoms with van der Waals surface area (Å²) in [5.41, 5.74) is 0. The summed E-state index contributed by atoms with van der Waals surface area (Å²) in [7, 11) is 0. The molecule has 1 aromatic rings. The molecule has 0 aromatic carbocycles. The highest BCUT2D eigenvalue weighted by Crippen LogP contribution is 2.28. The summed E-state index contributed by atoms with van der Waals surface area (Å²) in [6.45, 7) is 9.45. The summed E-state index contributed by atoms with van der Waals surface area (Å²) in [5.74, 6) is 2.25. The molecule has 1 N–H and O–H groups in total. The predicted molar refractivity (Wildman–Crippen MR) is 244 cm³/mol. The fourth-order valence-corrected chi connectivity index (χ4v) is 9.08. The van der Waals surface area contributed by atoms with Crippen LogP contribution in [0.1, 0.15) is 322 Å². The van der Waals surface area contributed by atoms with Gasteiger partial charge in [-0.2, -0.15) is 0 Å². The summed E-state index contributed by atoms with van der Waals surface area (Å²) in [6.07, 6.45) is 66.6. The smallest absolute Gasteiger partial charge is 0.247 e. The number of unbranched alkanes of at least 4 members (excludes halogenated alkanes) is 37. The van der Waals surface area contributed by atoms with E-state index in [-0.39, 0.29) is 0 Å². The quantitative estimate of drug-likeness (QED) is 0.0505. The third kappa shape index (κ3) is 32.3. The van der Waals surface area contributed by atoms with Gasteiger partial charge in [-0.1, -0.05) is 271 Å². The van der Waals surface area contributed by atoms with Crippen molar-refractivity contribution < 1.29 is 4.57 Å². The van der Waals surface area contributed by atoms with Crippen molar-refractivity contribution in [2.45, 2.75) is 316 Å². The Labute approximate surface area is 342 Å². The number of rotatable bonds is 45. The average molecular weight is 756 g/mol. The van der Waals surface area contributed by atoms with Crippen molar-refractivity contribution in [1.29, 1.82) is 0 Å². The van der Waals surface area contributed by atoms with E-state index in [9.17, 15) is 0 Å². The standard InChI is InChI=1S/C52H102N2/c1-5-8-11-14-17-20-23-26-28-31-34-37-40-43-46-51(47-44-41-38-35-32-29-27-24-21-18-15-12-9-6-2)52-53-48-49-54(52)50(4)45-42-39-36-33-30-25-22-19-16-13-10-7-3/h48-51H,5-47H2,1-4H3/p+1. The van der Waals surface area contributed by atoms with E-state index in [1.54, 1.807) is 5.82 Å². The fraction of sp³-hybridized carbons (Fsp3) is 0.942. The molecule has 0 aliphatic rings. The largest absolute Gasteiger partial charge is 0.257 e. The molecule has 1 heterocycles. The van der Waals surface area contributed by atoms with E-state index < -0.39 is 0 Å². The lowest BCUT2D eigenvalue weighted by atomic mass is 9.92. The molecule has 2 nitrogen and oxygen atoms in total. The molecule has 0 fully saturated rings. The van der Waals surface area contributed by atoms with Crippen molar-refractivity contribution in [3.8, 4) is 0 Å². The van der Waals surface area contributed by atoms with Crippen LogP contribution in [0.15, 0.2) is 12.4 Å². The van der Waals surface area contributed by atoms with E-state index in [4.69, 9.17) is 0 Å². The lowest BCUT2D eigenvalue weighted by molar-refractivity contribution is -0.727. The molecule has 320 valence electrons. The van der Waals surface area contributed by atoms with Gasteiger partial charge in [0.2, 0.25) is 0 Å². The topological polar surface area (TPSA) is 19.7 Å². The number of aromatic nitrogens is 2. The normalized spacial score (nSPS) is 12.4. The van der Waals surface area contributed by atoms with Gasteiger partial charge < -0.3 is 0 Å². The van der Waals surface area contributed by atoms with Gasteiger partial charge >= 0.3 is 0 Å². The summed E-state index contributed by atoms with van der Waals surface area (Å²) in [6, 6.07) is 0.615. The van der Waals surface area contributed by atoms with Gasteiger partial charge in [0.05, 0.1) is 12.0 Å². The Morgan fingerprint density at radius 2 is 0.593 bits per heavy atom. The number of imidazole rings is 1. The minimum absolute atomic E-state index is 0.615. The van der Waals surface area contributed by atoms with Gasteiger partial charge in [-0.25, -0.2) is 9.55 Å². The molecule has 1 unspecified atom stereocenters. The Bertz CT molecular complexity index is 796. The summed E-state index contributed by atoms with van der Waals surface area (Å²) in [4.78, 5) is 3.80. The molecule has 1 atom stereocenters. The van der Waals surface area contributed by atoms with E-state index in [1.165, 1.54) is 276 Å². The number of hydrogen-bond donors (Lipinski definition) is 1. The highest BCUT2D eigenvalue weighted by atomic mass is 15.1. The van der Waals surface area contributed by atoms with Gasteiger partial charge in [0.15, 0.2) is 0 Å². The average Bonchev–Trinajstić information content (AvgIpc) is 3.68. The minimum Gasteiger partial charge on any atom is -0.247 e. The third-order valence-corrected chi connectivity index (χ3v) is 12.9. The zero-order chi connectivity index (χ0) is 38.8. The first-order chi connectivity index (χ1) is 26.7. The third-order valence-electron chi connectivity index (χ3n) is 12.9. The van der Waals surface area contributed by atoms with Crippen molar-refractivity contribution in [3.05, 3.63) is 18.2 Å². The second-order valence-electron chi connectivity index (χ2n) is 18.2. The molecule has 0 bridgehead atoms. The van der Waals surface area contributed by atoms with Crippen LogP contribution in [0.4, 0.5) is 0 Å². The molecule has 0 aliphatic carbocycles. The van der Waals surface area contributed by atoms with Crippen molar-refractivity contribution in [3.63, 3.8) is 0 Å². The SMILES string of the molecule is CCCCCCCCCCCCCCCCC(CCCCCCCCCCCCCCCC)c1[nH]cc[n+]1C(C)CCCCCCCCCCCCCC. The van der Waals surface area contributed by atoms with Gasteiger partial charge in [-0.05, 0) is 32.6 Å². The lowest BCUT2D eigenvalue weighted by Crippen LogP contribution is -2.41. The highest BCUT2D eigenvalue weighted by molar-refractivity contribution is 4.90. The van der Waals surface area contributed by atoms with Crippen LogP contribution in [-0.2, 0) is 0 Å². The first-order valence-corrected chi connectivity index (χ1v) is 25.8. The molecule has 2 heteroatoms. The van der Waals surface area contributed by atoms with Gasteiger partial charge in [-0.15, -0.1) is 0 Å². The zero-order valence-electron chi connectivity index (χ0n) is 38.2. The predicted octanol–water partition coefficient (Wildman–Crippen LogP) is 18.8. The van der Waals surface area contributed by atoms with Crippen molar-refractivity contribution in [1.82, 2.24) is 4.98 Å². The van der Waals surface area contributed by atoms with Crippen LogP contribution in [0.3, 0.4) is 0 Å². The zero-order valence-corrected chi connectivity index (χ0v) is 38.2. The molecule has 0 spiro atoms. The van der Waals surface area contributed by atoms with Crippen LogP contribution in [0.5, 0.6) is 0 Å². The summed E-state index contributed by atoms with van der Waals surface area (Å²) >= 11 is 0. The molecule has 1 aromatic heterocycles. The molecular weight excluding hydrogens is 653 g/mol. The maximum atomic E-state index is 3.80. The molecule has 0 saturated heterocycles. The Balaban J connectivity index is 2.36. The van der Waals surface area contributed by atoms with Crippen LogP contribution >= 0.6 is 0 Å². The van der Waals surface area contributed by atoms with Crippen LogP contribution in [0.25, 0.3) is 0 Å². The van der Waals surface area contributed by atoms with Gasteiger partial charge in [-0.3, -0.25) is 0 Å². The number of hydrogen-bond acceptors (Lipinski definition) is 0.